The summed E-state index contributed by atoms with van der Waals surface area (Å²) in [6.45, 7) is 2.20. The van der Waals surface area contributed by atoms with Gasteiger partial charge in [-0.25, -0.2) is 4.98 Å². The van der Waals surface area contributed by atoms with E-state index in [9.17, 15) is 9.59 Å². The molecule has 0 spiro atoms. The molecule has 1 N–H and O–H groups in total. The van der Waals surface area contributed by atoms with Crippen LogP contribution in [0.25, 0.3) is 0 Å². The molecule has 1 aromatic heterocycles. The molecule has 168 valence electrons. The number of nitrogens with zero attached hydrogens (tertiary/aromatic N) is 2. The number of ether oxygens (including phenoxy) is 1. The van der Waals surface area contributed by atoms with Crippen molar-refractivity contribution < 1.29 is 14.3 Å². The van der Waals surface area contributed by atoms with Crippen molar-refractivity contribution in [1.82, 2.24) is 9.88 Å². The summed E-state index contributed by atoms with van der Waals surface area (Å²) in [6.07, 6.45) is 3.94. The van der Waals surface area contributed by atoms with Crippen molar-refractivity contribution in [2.24, 2.45) is 0 Å². The first kappa shape index (κ1) is 21.5. The van der Waals surface area contributed by atoms with Crippen LogP contribution >= 0.6 is 11.6 Å². The minimum absolute atomic E-state index is 0.00639. The molecule has 3 aromatic rings. The second-order valence-corrected chi connectivity index (χ2v) is 8.81. The number of halogens is 1. The summed E-state index contributed by atoms with van der Waals surface area (Å²) < 4.78 is 6.01. The highest BCUT2D eigenvalue weighted by Gasteiger charge is 2.35. The molecular formula is C26H24ClN3O3. The van der Waals surface area contributed by atoms with Gasteiger partial charge < -0.3 is 15.0 Å². The van der Waals surface area contributed by atoms with E-state index in [2.05, 4.69) is 28.5 Å². The molecular weight excluding hydrogens is 438 g/mol. The molecule has 0 saturated carbocycles. The van der Waals surface area contributed by atoms with Crippen LogP contribution in [-0.4, -0.2) is 27.8 Å². The van der Waals surface area contributed by atoms with Gasteiger partial charge in [0.2, 0.25) is 0 Å². The smallest absolute Gasteiger partial charge is 0.264 e. The molecule has 1 aliphatic heterocycles. The van der Waals surface area contributed by atoms with E-state index in [1.807, 2.05) is 17.0 Å². The number of amides is 2. The number of fused-ring (bicyclic) bond motifs is 2. The number of aromatic nitrogens is 1. The fourth-order valence-electron chi connectivity index (χ4n) is 4.70. The number of carbonyl (C=O) groups is 2. The molecule has 33 heavy (non-hydrogen) atoms. The van der Waals surface area contributed by atoms with Gasteiger partial charge in [-0.1, -0.05) is 35.9 Å². The second-order valence-electron chi connectivity index (χ2n) is 8.45. The summed E-state index contributed by atoms with van der Waals surface area (Å²) in [5.41, 5.74) is 4.27. The van der Waals surface area contributed by atoms with E-state index in [-0.39, 0.29) is 23.0 Å². The van der Waals surface area contributed by atoms with E-state index in [0.717, 1.165) is 24.8 Å². The average Bonchev–Trinajstić information content (AvgIpc) is 2.95. The van der Waals surface area contributed by atoms with Gasteiger partial charge >= 0.3 is 0 Å². The van der Waals surface area contributed by atoms with Gasteiger partial charge in [0.1, 0.15) is 10.9 Å². The van der Waals surface area contributed by atoms with E-state index >= 15 is 0 Å². The van der Waals surface area contributed by atoms with Crippen molar-refractivity contribution in [2.75, 3.05) is 5.32 Å². The van der Waals surface area contributed by atoms with Crippen LogP contribution in [0, 0.1) is 0 Å². The first-order chi connectivity index (χ1) is 16.0. The van der Waals surface area contributed by atoms with Gasteiger partial charge in [0.15, 0.2) is 6.10 Å². The third-order valence-corrected chi connectivity index (χ3v) is 6.61. The minimum atomic E-state index is -0.588. The fourth-order valence-corrected chi connectivity index (χ4v) is 4.91. The number of pyridine rings is 1. The first-order valence-electron chi connectivity index (χ1n) is 11.1. The van der Waals surface area contributed by atoms with E-state index in [1.165, 1.54) is 17.3 Å². The van der Waals surface area contributed by atoms with Crippen molar-refractivity contribution in [1.29, 1.82) is 0 Å². The van der Waals surface area contributed by atoms with Gasteiger partial charge in [-0.15, -0.1) is 0 Å². The molecule has 2 atom stereocenters. The maximum absolute atomic E-state index is 13.3. The minimum Gasteiger partial charge on any atom is -0.481 e. The fraction of sp³-hybridized carbons (Fsp3) is 0.269. The highest BCUT2D eigenvalue weighted by atomic mass is 35.5. The number of hydrogen-bond donors (Lipinski definition) is 1. The zero-order valence-corrected chi connectivity index (χ0v) is 19.0. The zero-order valence-electron chi connectivity index (χ0n) is 18.3. The summed E-state index contributed by atoms with van der Waals surface area (Å²) in [5.74, 6) is 0.283. The summed E-state index contributed by atoms with van der Waals surface area (Å²) in [5, 5.41) is 3.03. The van der Waals surface area contributed by atoms with E-state index in [4.69, 9.17) is 16.3 Å². The highest BCUT2D eigenvalue weighted by molar-refractivity contribution is 6.33. The molecule has 0 bridgehead atoms. The molecule has 2 aromatic carbocycles. The topological polar surface area (TPSA) is 71.5 Å². The number of carbonyl (C=O) groups excluding carboxylic acids is 2. The third-order valence-electron chi connectivity index (χ3n) is 6.31. The molecule has 2 amide bonds. The Hall–Kier alpha value is -3.38. The number of benzene rings is 2. The van der Waals surface area contributed by atoms with Gasteiger partial charge in [-0.2, -0.15) is 0 Å². The van der Waals surface area contributed by atoms with Gasteiger partial charge in [0.05, 0.1) is 18.2 Å². The van der Waals surface area contributed by atoms with Gasteiger partial charge in [-0.3, -0.25) is 9.59 Å². The van der Waals surface area contributed by atoms with Crippen LogP contribution in [0.3, 0.4) is 0 Å². The second kappa shape index (κ2) is 8.87. The van der Waals surface area contributed by atoms with Crippen molar-refractivity contribution >= 4 is 29.1 Å². The number of anilines is 1. The van der Waals surface area contributed by atoms with Crippen molar-refractivity contribution in [3.05, 3.63) is 88.2 Å². The highest BCUT2D eigenvalue weighted by Crippen LogP contribution is 2.38. The zero-order chi connectivity index (χ0) is 22.9. The standard InChI is InChI=1S/C26H24ClN3O3/c1-16-26(32)30(22-10-4-7-17-6-2-3-8-20(17)22)15-18-14-19(11-12-23(18)33-16)29-25(31)21-9-5-13-28-24(21)27/h2-3,5-6,8-9,11-14,16,22H,4,7,10,15H2,1H3,(H,29,31). The Morgan fingerprint density at radius 1 is 1.15 bits per heavy atom. The molecule has 2 heterocycles. The Bertz CT molecular complexity index is 1230. The largest absolute Gasteiger partial charge is 0.481 e. The normalized spacial score (nSPS) is 19.7. The third kappa shape index (κ3) is 4.18. The van der Waals surface area contributed by atoms with Crippen LogP contribution < -0.4 is 10.1 Å². The summed E-state index contributed by atoms with van der Waals surface area (Å²) >= 11 is 6.06. The summed E-state index contributed by atoms with van der Waals surface area (Å²) in [7, 11) is 0. The van der Waals surface area contributed by atoms with Crippen LogP contribution in [0.15, 0.2) is 60.8 Å². The van der Waals surface area contributed by atoms with Crippen molar-refractivity contribution in [3.63, 3.8) is 0 Å². The van der Waals surface area contributed by atoms with E-state index < -0.39 is 6.10 Å². The molecule has 2 aliphatic rings. The van der Waals surface area contributed by atoms with Crippen LogP contribution in [0.4, 0.5) is 5.69 Å². The Kier molecular flexibility index (Phi) is 5.77. The molecule has 7 heteroatoms. The van der Waals surface area contributed by atoms with Crippen LogP contribution in [0.2, 0.25) is 5.15 Å². The molecule has 0 radical (unpaired) electrons. The Balaban J connectivity index is 1.45. The molecule has 2 unspecified atom stereocenters. The first-order valence-corrected chi connectivity index (χ1v) is 11.5. The van der Waals surface area contributed by atoms with Crippen molar-refractivity contribution in [2.45, 2.75) is 44.9 Å². The van der Waals surface area contributed by atoms with Crippen molar-refractivity contribution in [3.8, 4) is 5.75 Å². The average molecular weight is 462 g/mol. The van der Waals surface area contributed by atoms with Crippen LogP contribution in [-0.2, 0) is 17.8 Å². The maximum Gasteiger partial charge on any atom is 0.264 e. The van der Waals surface area contributed by atoms with Gasteiger partial charge in [0, 0.05) is 17.4 Å². The quantitative estimate of drug-likeness (QED) is 0.546. The maximum atomic E-state index is 13.3. The predicted octanol–water partition coefficient (Wildman–Crippen LogP) is 5.17. The Morgan fingerprint density at radius 2 is 2.00 bits per heavy atom. The number of nitrogens with one attached hydrogen (secondary N) is 1. The van der Waals surface area contributed by atoms with Gasteiger partial charge in [-0.05, 0) is 67.6 Å². The van der Waals surface area contributed by atoms with Crippen LogP contribution in [0.1, 0.15) is 52.9 Å². The molecule has 0 fully saturated rings. The number of aryl methyl sites for hydroxylation is 1. The molecule has 6 nitrogen and oxygen atoms in total. The lowest BCUT2D eigenvalue weighted by atomic mass is 9.86. The Morgan fingerprint density at radius 3 is 2.85 bits per heavy atom. The van der Waals surface area contributed by atoms with E-state index in [0.29, 0.717) is 23.5 Å². The predicted molar refractivity (Wildman–Crippen MR) is 126 cm³/mol. The lowest BCUT2D eigenvalue weighted by molar-refractivity contribution is -0.140. The lowest BCUT2D eigenvalue weighted by Gasteiger charge is -2.35. The monoisotopic (exact) mass is 461 g/mol. The molecule has 0 saturated heterocycles. The SMILES string of the molecule is CC1Oc2ccc(NC(=O)c3cccnc3Cl)cc2CN(C2CCCc3ccccc32)C1=O. The lowest BCUT2D eigenvalue weighted by Crippen LogP contribution is -2.41. The summed E-state index contributed by atoms with van der Waals surface area (Å²) in [4.78, 5) is 31.9. The summed E-state index contributed by atoms with van der Waals surface area (Å²) in [6, 6.07) is 17.1. The molecule has 1 aliphatic carbocycles. The Labute approximate surface area is 197 Å². The number of rotatable bonds is 3. The van der Waals surface area contributed by atoms with E-state index in [1.54, 1.807) is 31.2 Å². The number of hydrogen-bond acceptors (Lipinski definition) is 4. The molecule has 5 rings (SSSR count). The van der Waals surface area contributed by atoms with Gasteiger partial charge in [0.25, 0.3) is 11.8 Å². The van der Waals surface area contributed by atoms with Crippen LogP contribution in [0.5, 0.6) is 5.75 Å².